The third-order valence-electron chi connectivity index (χ3n) is 4.12. The maximum absolute atomic E-state index is 5.89. The summed E-state index contributed by atoms with van der Waals surface area (Å²) < 4.78 is 11.4. The molecule has 0 saturated carbocycles. The molecule has 0 aromatic heterocycles. The van der Waals surface area contributed by atoms with Crippen molar-refractivity contribution in [2.24, 2.45) is 0 Å². The van der Waals surface area contributed by atoms with Crippen LogP contribution in [0.15, 0.2) is 48.5 Å². The highest BCUT2D eigenvalue weighted by atomic mass is 16.5. The van der Waals surface area contributed by atoms with E-state index in [2.05, 4.69) is 61.6 Å². The van der Waals surface area contributed by atoms with Crippen molar-refractivity contribution in [3.63, 3.8) is 0 Å². The molecule has 3 nitrogen and oxygen atoms in total. The standard InChI is InChI=1S/C21H29NO2/c1-4-17(2)24-20-13-12-19(15-21(20)23-3)16-22-14-8-11-18-9-6-5-7-10-18/h5-7,9-10,12-13,15,17,22H,4,8,11,14,16H2,1-3H3. The Morgan fingerprint density at radius 1 is 1.00 bits per heavy atom. The zero-order valence-electron chi connectivity index (χ0n) is 15.0. The molecule has 0 fully saturated rings. The smallest absolute Gasteiger partial charge is 0.161 e. The second kappa shape index (κ2) is 9.99. The van der Waals surface area contributed by atoms with Crippen LogP contribution in [-0.2, 0) is 13.0 Å². The molecule has 0 radical (unpaired) electrons. The molecule has 24 heavy (non-hydrogen) atoms. The van der Waals surface area contributed by atoms with Gasteiger partial charge in [0.25, 0.3) is 0 Å². The van der Waals surface area contributed by atoms with Gasteiger partial charge in [0.2, 0.25) is 0 Å². The van der Waals surface area contributed by atoms with Crippen molar-refractivity contribution in [3.8, 4) is 11.5 Å². The number of ether oxygens (including phenoxy) is 2. The van der Waals surface area contributed by atoms with E-state index in [1.807, 2.05) is 6.07 Å². The molecule has 0 saturated heterocycles. The highest BCUT2D eigenvalue weighted by Crippen LogP contribution is 2.29. The Kier molecular flexibility index (Phi) is 7.63. The lowest BCUT2D eigenvalue weighted by Crippen LogP contribution is -2.15. The maximum atomic E-state index is 5.89. The van der Waals surface area contributed by atoms with E-state index in [1.54, 1.807) is 7.11 Å². The maximum Gasteiger partial charge on any atom is 0.161 e. The van der Waals surface area contributed by atoms with Crippen molar-refractivity contribution in [1.29, 1.82) is 0 Å². The molecule has 3 heteroatoms. The molecule has 1 N–H and O–H groups in total. The van der Waals surface area contributed by atoms with E-state index in [0.717, 1.165) is 43.9 Å². The molecule has 1 atom stereocenters. The average molecular weight is 327 g/mol. The van der Waals surface area contributed by atoms with E-state index >= 15 is 0 Å². The molecule has 130 valence electrons. The number of methoxy groups -OCH3 is 1. The van der Waals surface area contributed by atoms with Gasteiger partial charge in [-0.05, 0) is 56.0 Å². The van der Waals surface area contributed by atoms with Crippen LogP contribution in [0.1, 0.15) is 37.8 Å². The van der Waals surface area contributed by atoms with Gasteiger partial charge in [-0.2, -0.15) is 0 Å². The Labute approximate surface area is 146 Å². The Balaban J connectivity index is 1.78. The van der Waals surface area contributed by atoms with Crippen molar-refractivity contribution in [1.82, 2.24) is 5.32 Å². The average Bonchev–Trinajstić information content (AvgIpc) is 2.63. The van der Waals surface area contributed by atoms with Gasteiger partial charge in [0.05, 0.1) is 13.2 Å². The summed E-state index contributed by atoms with van der Waals surface area (Å²) in [7, 11) is 1.69. The van der Waals surface area contributed by atoms with Crippen molar-refractivity contribution < 1.29 is 9.47 Å². The van der Waals surface area contributed by atoms with Crippen LogP contribution in [0.4, 0.5) is 0 Å². The molecule has 0 amide bonds. The Hall–Kier alpha value is -2.00. The van der Waals surface area contributed by atoms with E-state index in [0.29, 0.717) is 0 Å². The van der Waals surface area contributed by atoms with E-state index in [9.17, 15) is 0 Å². The summed E-state index contributed by atoms with van der Waals surface area (Å²) in [5, 5.41) is 3.50. The fraction of sp³-hybridized carbons (Fsp3) is 0.429. The minimum atomic E-state index is 0.195. The van der Waals surface area contributed by atoms with Crippen molar-refractivity contribution in [3.05, 3.63) is 59.7 Å². The number of hydrogen-bond acceptors (Lipinski definition) is 3. The summed E-state index contributed by atoms with van der Waals surface area (Å²) in [5.41, 5.74) is 2.61. The summed E-state index contributed by atoms with van der Waals surface area (Å²) in [4.78, 5) is 0. The van der Waals surface area contributed by atoms with Crippen LogP contribution in [0, 0.1) is 0 Å². The van der Waals surface area contributed by atoms with Gasteiger partial charge >= 0.3 is 0 Å². The fourth-order valence-electron chi connectivity index (χ4n) is 2.51. The Morgan fingerprint density at radius 2 is 1.79 bits per heavy atom. The SMILES string of the molecule is CCC(C)Oc1ccc(CNCCCc2ccccc2)cc1OC. The van der Waals surface area contributed by atoms with Crippen LogP contribution in [0.5, 0.6) is 11.5 Å². The number of hydrogen-bond donors (Lipinski definition) is 1. The molecule has 0 aliphatic carbocycles. The largest absolute Gasteiger partial charge is 0.493 e. The van der Waals surface area contributed by atoms with Crippen LogP contribution in [0.3, 0.4) is 0 Å². The third kappa shape index (κ3) is 5.89. The van der Waals surface area contributed by atoms with E-state index in [4.69, 9.17) is 9.47 Å². The van der Waals surface area contributed by atoms with Gasteiger partial charge in [0, 0.05) is 6.54 Å². The van der Waals surface area contributed by atoms with Crippen LogP contribution >= 0.6 is 0 Å². The number of nitrogens with one attached hydrogen (secondary N) is 1. The summed E-state index contributed by atoms with van der Waals surface area (Å²) in [6.45, 7) is 6.03. The van der Waals surface area contributed by atoms with Gasteiger partial charge in [-0.3, -0.25) is 0 Å². The van der Waals surface area contributed by atoms with E-state index in [-0.39, 0.29) is 6.10 Å². The molecule has 2 aromatic rings. The van der Waals surface area contributed by atoms with Gasteiger partial charge in [0.15, 0.2) is 11.5 Å². The minimum absolute atomic E-state index is 0.195. The van der Waals surface area contributed by atoms with Crippen molar-refractivity contribution >= 4 is 0 Å². The zero-order chi connectivity index (χ0) is 17.2. The second-order valence-electron chi connectivity index (χ2n) is 6.09. The Morgan fingerprint density at radius 3 is 2.50 bits per heavy atom. The molecule has 0 aliphatic heterocycles. The minimum Gasteiger partial charge on any atom is -0.493 e. The lowest BCUT2D eigenvalue weighted by Gasteiger charge is -2.16. The predicted molar refractivity (Wildman–Crippen MR) is 99.8 cm³/mol. The lowest BCUT2D eigenvalue weighted by molar-refractivity contribution is 0.207. The van der Waals surface area contributed by atoms with Crippen LogP contribution in [0.25, 0.3) is 0 Å². The van der Waals surface area contributed by atoms with Gasteiger partial charge in [-0.1, -0.05) is 43.3 Å². The quantitative estimate of drug-likeness (QED) is 0.647. The molecule has 0 heterocycles. The van der Waals surface area contributed by atoms with Crippen LogP contribution in [0.2, 0.25) is 0 Å². The Bertz CT molecular complexity index is 598. The second-order valence-corrected chi connectivity index (χ2v) is 6.09. The van der Waals surface area contributed by atoms with Gasteiger partial charge in [-0.25, -0.2) is 0 Å². The van der Waals surface area contributed by atoms with Crippen molar-refractivity contribution in [2.75, 3.05) is 13.7 Å². The summed E-state index contributed by atoms with van der Waals surface area (Å²) in [6.07, 6.45) is 3.42. The monoisotopic (exact) mass is 327 g/mol. The fourth-order valence-corrected chi connectivity index (χ4v) is 2.51. The first-order valence-electron chi connectivity index (χ1n) is 8.81. The summed E-state index contributed by atoms with van der Waals surface area (Å²) >= 11 is 0. The molecular formula is C21H29NO2. The normalized spacial score (nSPS) is 12.0. The molecule has 0 bridgehead atoms. The predicted octanol–water partition coefficient (Wildman–Crippen LogP) is 4.59. The van der Waals surface area contributed by atoms with E-state index < -0.39 is 0 Å². The molecule has 2 aromatic carbocycles. The molecule has 1 unspecified atom stereocenters. The molecule has 0 spiro atoms. The van der Waals surface area contributed by atoms with Gasteiger partial charge in [0.1, 0.15) is 0 Å². The highest BCUT2D eigenvalue weighted by Gasteiger charge is 2.08. The van der Waals surface area contributed by atoms with Gasteiger partial charge < -0.3 is 14.8 Å². The van der Waals surface area contributed by atoms with E-state index in [1.165, 1.54) is 11.1 Å². The van der Waals surface area contributed by atoms with Crippen LogP contribution < -0.4 is 14.8 Å². The van der Waals surface area contributed by atoms with Crippen molar-refractivity contribution in [2.45, 2.75) is 45.8 Å². The summed E-state index contributed by atoms with van der Waals surface area (Å²) in [5.74, 6) is 1.62. The molecule has 0 aliphatic rings. The third-order valence-corrected chi connectivity index (χ3v) is 4.12. The first-order chi connectivity index (χ1) is 11.7. The molecule has 2 rings (SSSR count). The molecular weight excluding hydrogens is 298 g/mol. The number of aryl methyl sites for hydroxylation is 1. The number of rotatable bonds is 10. The van der Waals surface area contributed by atoms with Gasteiger partial charge in [-0.15, -0.1) is 0 Å². The highest BCUT2D eigenvalue weighted by molar-refractivity contribution is 5.43. The summed E-state index contributed by atoms with van der Waals surface area (Å²) in [6, 6.07) is 16.8. The zero-order valence-corrected chi connectivity index (χ0v) is 15.0. The lowest BCUT2D eigenvalue weighted by atomic mass is 10.1. The topological polar surface area (TPSA) is 30.5 Å². The first-order valence-corrected chi connectivity index (χ1v) is 8.81. The number of benzene rings is 2. The first kappa shape index (κ1) is 18.3. The van der Waals surface area contributed by atoms with Crippen LogP contribution in [-0.4, -0.2) is 19.8 Å².